The normalized spacial score (nSPS) is 28.9. The van der Waals surface area contributed by atoms with Gasteiger partial charge >= 0.3 is 5.97 Å². The fourth-order valence-corrected chi connectivity index (χ4v) is 2.97. The van der Waals surface area contributed by atoms with Crippen molar-refractivity contribution in [3.63, 3.8) is 0 Å². The number of hydrogen-bond acceptors (Lipinski definition) is 2. The number of rotatable bonds is 3. The maximum atomic E-state index is 11.6. The van der Waals surface area contributed by atoms with Gasteiger partial charge in [0.25, 0.3) is 0 Å². The largest absolute Gasteiger partial charge is 0.480 e. The minimum atomic E-state index is -0.792. The summed E-state index contributed by atoms with van der Waals surface area (Å²) in [5.74, 6) is -0.659. The molecule has 0 amide bonds. The van der Waals surface area contributed by atoms with Gasteiger partial charge in [0.15, 0.2) is 0 Å². The van der Waals surface area contributed by atoms with E-state index in [0.717, 1.165) is 24.8 Å². The second-order valence-corrected chi connectivity index (χ2v) is 4.74. The van der Waals surface area contributed by atoms with Crippen molar-refractivity contribution >= 4 is 5.97 Å². The van der Waals surface area contributed by atoms with E-state index in [9.17, 15) is 9.90 Å². The van der Waals surface area contributed by atoms with E-state index in [4.69, 9.17) is 0 Å². The third-order valence-corrected chi connectivity index (χ3v) is 3.94. The van der Waals surface area contributed by atoms with Crippen LogP contribution in [0.25, 0.3) is 0 Å². The van der Waals surface area contributed by atoms with Crippen molar-refractivity contribution in [2.75, 3.05) is 7.05 Å². The molecule has 1 saturated carbocycles. The van der Waals surface area contributed by atoms with Crippen LogP contribution in [0.3, 0.4) is 0 Å². The Bertz CT molecular complexity index is 390. The molecule has 0 aromatic heterocycles. The number of likely N-dealkylation sites (N-methyl/N-ethyl adjacent to an activating group) is 1. The van der Waals surface area contributed by atoms with Crippen molar-refractivity contribution in [2.45, 2.75) is 37.1 Å². The van der Waals surface area contributed by atoms with Gasteiger partial charge in [-0.1, -0.05) is 43.2 Å². The van der Waals surface area contributed by atoms with Crippen LogP contribution in [-0.4, -0.2) is 23.7 Å². The molecule has 0 saturated heterocycles. The highest BCUT2D eigenvalue weighted by molar-refractivity contribution is 5.80. The smallest absolute Gasteiger partial charge is 0.324 e. The second-order valence-electron chi connectivity index (χ2n) is 4.74. The summed E-state index contributed by atoms with van der Waals surface area (Å²) in [4.78, 5) is 11.6. The Hall–Kier alpha value is -1.35. The third-order valence-electron chi connectivity index (χ3n) is 3.94. The molecule has 92 valence electrons. The van der Waals surface area contributed by atoms with Gasteiger partial charge < -0.3 is 10.4 Å². The molecule has 2 unspecified atom stereocenters. The predicted octanol–water partition coefficient (Wildman–Crippen LogP) is 2.39. The van der Waals surface area contributed by atoms with Crippen LogP contribution < -0.4 is 5.32 Å². The lowest BCUT2D eigenvalue weighted by atomic mass is 9.69. The van der Waals surface area contributed by atoms with Crippen molar-refractivity contribution < 1.29 is 9.90 Å². The highest BCUT2D eigenvalue weighted by atomic mass is 16.4. The molecule has 2 rings (SSSR count). The number of aliphatic carboxylic acids is 1. The van der Waals surface area contributed by atoms with Gasteiger partial charge in [0.2, 0.25) is 0 Å². The van der Waals surface area contributed by atoms with Crippen LogP contribution in [0, 0.1) is 0 Å². The minimum Gasteiger partial charge on any atom is -0.480 e. The molecule has 0 heterocycles. The summed E-state index contributed by atoms with van der Waals surface area (Å²) < 4.78 is 0. The van der Waals surface area contributed by atoms with Gasteiger partial charge in [-0.3, -0.25) is 4.79 Å². The molecule has 3 heteroatoms. The number of carboxylic acid groups (broad SMARTS) is 1. The van der Waals surface area contributed by atoms with E-state index in [0.29, 0.717) is 6.42 Å². The zero-order valence-corrected chi connectivity index (χ0v) is 10.1. The average Bonchev–Trinajstić information content (AvgIpc) is 2.39. The monoisotopic (exact) mass is 233 g/mol. The summed E-state index contributed by atoms with van der Waals surface area (Å²) in [6, 6.07) is 9.99. The maximum absolute atomic E-state index is 11.6. The van der Waals surface area contributed by atoms with E-state index in [1.807, 2.05) is 30.3 Å². The molecule has 17 heavy (non-hydrogen) atoms. The molecule has 2 N–H and O–H groups in total. The molecule has 0 radical (unpaired) electrons. The highest BCUT2D eigenvalue weighted by Crippen LogP contribution is 2.40. The lowest BCUT2D eigenvalue weighted by molar-refractivity contribution is -0.147. The first-order chi connectivity index (χ1) is 8.20. The maximum Gasteiger partial charge on any atom is 0.324 e. The van der Waals surface area contributed by atoms with Crippen LogP contribution in [0.4, 0.5) is 0 Å². The Morgan fingerprint density at radius 3 is 2.65 bits per heavy atom. The Labute approximate surface area is 102 Å². The summed E-state index contributed by atoms with van der Waals surface area (Å²) in [6.45, 7) is 0. The fraction of sp³-hybridized carbons (Fsp3) is 0.500. The number of carboxylic acids is 1. The van der Waals surface area contributed by atoms with Crippen LogP contribution >= 0.6 is 0 Å². The summed E-state index contributed by atoms with van der Waals surface area (Å²) >= 11 is 0. The standard InChI is InChI=1S/C14H19NO2/c1-15-14(13(16)17)10-6-5-9-12(14)11-7-3-2-4-8-11/h2-4,7-8,12,15H,5-6,9-10H2,1H3,(H,16,17). The molecule has 1 aliphatic carbocycles. The van der Waals surface area contributed by atoms with Crippen LogP contribution in [0.2, 0.25) is 0 Å². The van der Waals surface area contributed by atoms with Crippen molar-refractivity contribution in [1.29, 1.82) is 0 Å². The van der Waals surface area contributed by atoms with Crippen molar-refractivity contribution in [3.05, 3.63) is 35.9 Å². The molecule has 3 nitrogen and oxygen atoms in total. The number of hydrogen-bond donors (Lipinski definition) is 2. The van der Waals surface area contributed by atoms with E-state index < -0.39 is 11.5 Å². The molecule has 1 aliphatic rings. The van der Waals surface area contributed by atoms with E-state index in [2.05, 4.69) is 5.32 Å². The molecular weight excluding hydrogens is 214 g/mol. The Morgan fingerprint density at radius 2 is 2.06 bits per heavy atom. The van der Waals surface area contributed by atoms with Gasteiger partial charge in [-0.25, -0.2) is 0 Å². The Morgan fingerprint density at radius 1 is 1.35 bits per heavy atom. The van der Waals surface area contributed by atoms with Gasteiger partial charge in [-0.05, 0) is 25.5 Å². The highest BCUT2D eigenvalue weighted by Gasteiger charge is 2.46. The van der Waals surface area contributed by atoms with E-state index in [1.54, 1.807) is 7.05 Å². The Kier molecular flexibility index (Phi) is 3.48. The minimum absolute atomic E-state index is 0.0694. The lowest BCUT2D eigenvalue weighted by Crippen LogP contribution is -2.56. The zero-order chi connectivity index (χ0) is 12.3. The number of benzene rings is 1. The molecular formula is C14H19NO2. The molecule has 0 spiro atoms. The van der Waals surface area contributed by atoms with Gasteiger partial charge in [0, 0.05) is 5.92 Å². The zero-order valence-electron chi connectivity index (χ0n) is 10.1. The third kappa shape index (κ3) is 2.07. The molecule has 1 aromatic rings. The first kappa shape index (κ1) is 12.1. The predicted molar refractivity (Wildman–Crippen MR) is 67.1 cm³/mol. The molecule has 0 aliphatic heterocycles. The Balaban J connectivity index is 2.38. The van der Waals surface area contributed by atoms with Crippen molar-refractivity contribution in [2.24, 2.45) is 0 Å². The fourth-order valence-electron chi connectivity index (χ4n) is 2.97. The van der Waals surface area contributed by atoms with Gasteiger partial charge in [-0.2, -0.15) is 0 Å². The van der Waals surface area contributed by atoms with Gasteiger partial charge in [0.1, 0.15) is 5.54 Å². The SMILES string of the molecule is CNC1(C(=O)O)CCCCC1c1ccccc1. The average molecular weight is 233 g/mol. The van der Waals surface area contributed by atoms with Crippen molar-refractivity contribution in [1.82, 2.24) is 5.32 Å². The van der Waals surface area contributed by atoms with Gasteiger partial charge in [0.05, 0.1) is 0 Å². The molecule has 1 aromatic carbocycles. The summed E-state index contributed by atoms with van der Waals surface area (Å²) in [5.41, 5.74) is 0.337. The second kappa shape index (κ2) is 4.88. The summed E-state index contributed by atoms with van der Waals surface area (Å²) in [6.07, 6.45) is 3.74. The molecule has 1 fully saturated rings. The van der Waals surface area contributed by atoms with Crippen LogP contribution in [0.5, 0.6) is 0 Å². The topological polar surface area (TPSA) is 49.3 Å². The lowest BCUT2D eigenvalue weighted by Gasteiger charge is -2.41. The summed E-state index contributed by atoms with van der Waals surface area (Å²) in [5, 5.41) is 12.6. The van der Waals surface area contributed by atoms with E-state index in [1.165, 1.54) is 0 Å². The quantitative estimate of drug-likeness (QED) is 0.842. The van der Waals surface area contributed by atoms with Crippen LogP contribution in [0.1, 0.15) is 37.2 Å². The van der Waals surface area contributed by atoms with Crippen molar-refractivity contribution in [3.8, 4) is 0 Å². The first-order valence-corrected chi connectivity index (χ1v) is 6.18. The van der Waals surface area contributed by atoms with Crippen LogP contribution in [-0.2, 0) is 4.79 Å². The first-order valence-electron chi connectivity index (χ1n) is 6.18. The van der Waals surface area contributed by atoms with Gasteiger partial charge in [-0.15, -0.1) is 0 Å². The molecule has 0 bridgehead atoms. The van der Waals surface area contributed by atoms with E-state index in [-0.39, 0.29) is 5.92 Å². The van der Waals surface area contributed by atoms with E-state index >= 15 is 0 Å². The summed E-state index contributed by atoms with van der Waals surface area (Å²) in [7, 11) is 1.76. The number of carbonyl (C=O) groups is 1. The van der Waals surface area contributed by atoms with Crippen LogP contribution in [0.15, 0.2) is 30.3 Å². The number of nitrogens with one attached hydrogen (secondary N) is 1. The molecule has 2 atom stereocenters.